The molecule has 8 heteroatoms. The van der Waals surface area contributed by atoms with Gasteiger partial charge in [0.15, 0.2) is 18.1 Å². The van der Waals surface area contributed by atoms with E-state index in [1.54, 1.807) is 61.5 Å². The fraction of sp³-hybridized carbons (Fsp3) is 0.182. The van der Waals surface area contributed by atoms with Gasteiger partial charge in [0, 0.05) is 5.69 Å². The molecule has 2 aromatic carbocycles. The lowest BCUT2D eigenvalue weighted by Crippen LogP contribution is -2.20. The van der Waals surface area contributed by atoms with Crippen molar-refractivity contribution in [2.24, 2.45) is 0 Å². The van der Waals surface area contributed by atoms with E-state index in [4.69, 9.17) is 20.0 Å². The van der Waals surface area contributed by atoms with Crippen LogP contribution in [0.15, 0.2) is 48.0 Å². The van der Waals surface area contributed by atoms with Gasteiger partial charge in [0.1, 0.15) is 17.7 Å². The monoisotopic (exact) mass is 405 g/mol. The van der Waals surface area contributed by atoms with Gasteiger partial charge >= 0.3 is 5.97 Å². The Hall–Kier alpha value is -4.30. The molecule has 0 atom stereocenters. The zero-order valence-corrected chi connectivity index (χ0v) is 16.5. The predicted molar refractivity (Wildman–Crippen MR) is 109 cm³/mol. The summed E-state index contributed by atoms with van der Waals surface area (Å²) in [5.74, 6) is -0.129. The second kappa shape index (κ2) is 10.9. The number of nitrogens with zero attached hydrogens (tertiary/aromatic N) is 2. The van der Waals surface area contributed by atoms with Crippen molar-refractivity contribution in [2.75, 3.05) is 25.6 Å². The molecule has 2 rings (SSSR count). The number of anilines is 1. The first kappa shape index (κ1) is 22.0. The number of nitrogens with one attached hydrogen (secondary N) is 1. The summed E-state index contributed by atoms with van der Waals surface area (Å²) in [7, 11) is 1.29. The number of rotatable bonds is 8. The van der Waals surface area contributed by atoms with Crippen molar-refractivity contribution in [3.05, 3.63) is 59.2 Å². The van der Waals surface area contributed by atoms with Crippen molar-refractivity contribution in [2.45, 2.75) is 6.92 Å². The third-order valence-electron chi connectivity index (χ3n) is 3.77. The van der Waals surface area contributed by atoms with Gasteiger partial charge in [-0.15, -0.1) is 0 Å². The smallest absolute Gasteiger partial charge is 0.337 e. The Morgan fingerprint density at radius 2 is 1.73 bits per heavy atom. The van der Waals surface area contributed by atoms with Crippen LogP contribution in [0.2, 0.25) is 0 Å². The fourth-order valence-corrected chi connectivity index (χ4v) is 2.41. The Morgan fingerprint density at radius 1 is 1.03 bits per heavy atom. The quantitative estimate of drug-likeness (QED) is 0.528. The molecule has 1 N–H and O–H groups in total. The molecule has 0 bridgehead atoms. The molecule has 0 aliphatic carbocycles. The van der Waals surface area contributed by atoms with Crippen LogP contribution in [0.5, 0.6) is 11.5 Å². The van der Waals surface area contributed by atoms with E-state index in [1.165, 1.54) is 13.2 Å². The Balaban J connectivity index is 2.04. The number of benzene rings is 2. The van der Waals surface area contributed by atoms with Gasteiger partial charge in [-0.1, -0.05) is 6.07 Å². The van der Waals surface area contributed by atoms with Crippen LogP contribution in [0.3, 0.4) is 0 Å². The summed E-state index contributed by atoms with van der Waals surface area (Å²) >= 11 is 0. The van der Waals surface area contributed by atoms with Crippen LogP contribution in [-0.2, 0) is 9.53 Å². The number of amides is 1. The van der Waals surface area contributed by atoms with Crippen LogP contribution in [0.1, 0.15) is 22.8 Å². The zero-order valence-electron chi connectivity index (χ0n) is 16.5. The van der Waals surface area contributed by atoms with Crippen LogP contribution in [0.4, 0.5) is 5.69 Å². The summed E-state index contributed by atoms with van der Waals surface area (Å²) in [6.07, 6.45) is 1.43. The van der Waals surface area contributed by atoms with E-state index in [0.717, 1.165) is 0 Å². The number of hydrogen-bond donors (Lipinski definition) is 1. The summed E-state index contributed by atoms with van der Waals surface area (Å²) in [6, 6.07) is 14.7. The molecule has 2 aromatic rings. The van der Waals surface area contributed by atoms with Crippen LogP contribution in [0, 0.1) is 22.7 Å². The van der Waals surface area contributed by atoms with E-state index >= 15 is 0 Å². The average Bonchev–Trinajstić information content (AvgIpc) is 2.77. The van der Waals surface area contributed by atoms with Crippen LogP contribution < -0.4 is 14.8 Å². The highest BCUT2D eigenvalue weighted by molar-refractivity contribution is 5.93. The average molecular weight is 405 g/mol. The van der Waals surface area contributed by atoms with E-state index in [0.29, 0.717) is 34.9 Å². The van der Waals surface area contributed by atoms with Gasteiger partial charge in [-0.05, 0) is 55.0 Å². The molecule has 0 aliphatic heterocycles. The van der Waals surface area contributed by atoms with E-state index < -0.39 is 11.9 Å². The maximum absolute atomic E-state index is 12.2. The fourth-order valence-electron chi connectivity index (χ4n) is 2.41. The SMILES string of the molecule is CCOc1cc(C=C(C#N)C#N)ccc1OCC(=O)Nc1ccc(C(=O)OC)cc1. The van der Waals surface area contributed by atoms with Gasteiger partial charge in [0.25, 0.3) is 5.91 Å². The standard InChI is InChI=1S/C22H19N3O5/c1-3-29-20-11-15(10-16(12-23)13-24)4-9-19(20)30-14-21(26)25-18-7-5-17(6-8-18)22(27)28-2/h4-11H,3,14H2,1-2H3,(H,25,26). The number of methoxy groups -OCH3 is 1. The molecule has 30 heavy (non-hydrogen) atoms. The van der Waals surface area contributed by atoms with Crippen molar-refractivity contribution < 1.29 is 23.8 Å². The lowest BCUT2D eigenvalue weighted by molar-refractivity contribution is -0.118. The molecule has 0 spiro atoms. The number of carbonyl (C=O) groups is 2. The van der Waals surface area contributed by atoms with Crippen molar-refractivity contribution in [1.82, 2.24) is 0 Å². The molecule has 0 heterocycles. The van der Waals surface area contributed by atoms with Crippen LogP contribution >= 0.6 is 0 Å². The van der Waals surface area contributed by atoms with Crippen LogP contribution in [0.25, 0.3) is 6.08 Å². The van der Waals surface area contributed by atoms with Gasteiger partial charge in [-0.3, -0.25) is 4.79 Å². The van der Waals surface area contributed by atoms with Gasteiger partial charge in [-0.2, -0.15) is 10.5 Å². The highest BCUT2D eigenvalue weighted by atomic mass is 16.5. The van der Waals surface area contributed by atoms with Gasteiger partial charge < -0.3 is 19.5 Å². The van der Waals surface area contributed by atoms with E-state index in [9.17, 15) is 9.59 Å². The van der Waals surface area contributed by atoms with Crippen LogP contribution in [-0.4, -0.2) is 32.2 Å². The first-order chi connectivity index (χ1) is 14.5. The molecule has 8 nitrogen and oxygen atoms in total. The molecule has 0 saturated carbocycles. The predicted octanol–water partition coefficient (Wildman–Crippen LogP) is 3.32. The lowest BCUT2D eigenvalue weighted by atomic mass is 10.1. The molecular formula is C22H19N3O5. The van der Waals surface area contributed by atoms with Gasteiger partial charge in [0.05, 0.1) is 19.3 Å². The Labute approximate surface area is 173 Å². The molecule has 1 amide bonds. The van der Waals surface area contributed by atoms with Crippen molar-refractivity contribution in [1.29, 1.82) is 10.5 Å². The molecule has 0 aliphatic rings. The highest BCUT2D eigenvalue weighted by Crippen LogP contribution is 2.29. The number of nitriles is 2. The van der Waals surface area contributed by atoms with Crippen molar-refractivity contribution >= 4 is 23.6 Å². The first-order valence-corrected chi connectivity index (χ1v) is 8.90. The maximum atomic E-state index is 12.2. The lowest BCUT2D eigenvalue weighted by Gasteiger charge is -2.13. The summed E-state index contributed by atoms with van der Waals surface area (Å²) in [6.45, 7) is 1.90. The Bertz CT molecular complexity index is 1010. The molecule has 152 valence electrons. The molecular weight excluding hydrogens is 386 g/mol. The largest absolute Gasteiger partial charge is 0.490 e. The minimum absolute atomic E-state index is 0.0382. The van der Waals surface area contributed by atoms with Crippen molar-refractivity contribution in [3.8, 4) is 23.6 Å². The van der Waals surface area contributed by atoms with Gasteiger partial charge in [0.2, 0.25) is 0 Å². The topological polar surface area (TPSA) is 121 Å². The number of ether oxygens (including phenoxy) is 3. The molecule has 0 aromatic heterocycles. The maximum Gasteiger partial charge on any atom is 0.337 e. The second-order valence-corrected chi connectivity index (χ2v) is 5.83. The summed E-state index contributed by atoms with van der Waals surface area (Å²) in [4.78, 5) is 23.6. The second-order valence-electron chi connectivity index (χ2n) is 5.83. The van der Waals surface area contributed by atoms with Gasteiger partial charge in [-0.25, -0.2) is 4.79 Å². The number of allylic oxidation sites excluding steroid dienone is 1. The Kier molecular flexibility index (Phi) is 7.98. The summed E-state index contributed by atoms with van der Waals surface area (Å²) in [5.41, 5.74) is 1.43. The first-order valence-electron chi connectivity index (χ1n) is 8.90. The highest BCUT2D eigenvalue weighted by Gasteiger charge is 2.10. The number of esters is 1. The molecule has 0 radical (unpaired) electrons. The minimum Gasteiger partial charge on any atom is -0.490 e. The number of carbonyl (C=O) groups excluding carboxylic acids is 2. The van der Waals surface area contributed by atoms with E-state index in [-0.39, 0.29) is 12.2 Å². The third kappa shape index (κ3) is 6.11. The minimum atomic E-state index is -0.463. The summed E-state index contributed by atoms with van der Waals surface area (Å²) in [5, 5.41) is 20.4. The Morgan fingerprint density at radius 3 is 2.33 bits per heavy atom. The van der Waals surface area contributed by atoms with Crippen molar-refractivity contribution in [3.63, 3.8) is 0 Å². The van der Waals surface area contributed by atoms with E-state index in [1.807, 2.05) is 0 Å². The molecule has 0 saturated heterocycles. The number of hydrogen-bond acceptors (Lipinski definition) is 7. The normalized spacial score (nSPS) is 9.47. The summed E-state index contributed by atoms with van der Waals surface area (Å²) < 4.78 is 15.7. The van der Waals surface area contributed by atoms with E-state index in [2.05, 4.69) is 10.1 Å². The molecule has 0 fully saturated rings. The zero-order chi connectivity index (χ0) is 21.9. The third-order valence-corrected chi connectivity index (χ3v) is 3.77. The molecule has 0 unspecified atom stereocenters.